The lowest BCUT2D eigenvalue weighted by Crippen LogP contribution is -2.62. The molecule has 0 aromatic carbocycles. The summed E-state index contributed by atoms with van der Waals surface area (Å²) in [7, 11) is 0. The number of allylic oxidation sites excluding steroid dienone is 2. The predicted molar refractivity (Wildman–Crippen MR) is 96.7 cm³/mol. The van der Waals surface area contributed by atoms with Gasteiger partial charge in [-0.25, -0.2) is 0 Å². The molecule has 0 aromatic heterocycles. The number of hydrogen-bond acceptors (Lipinski definition) is 2. The lowest BCUT2D eigenvalue weighted by atomic mass is 9.63. The lowest BCUT2D eigenvalue weighted by Gasteiger charge is -2.56. The third kappa shape index (κ3) is 2.78. The number of nitrogens with zero attached hydrogens (tertiary/aromatic N) is 1. The Hall–Kier alpha value is -0.660. The zero-order chi connectivity index (χ0) is 17.7. The van der Waals surface area contributed by atoms with Crippen LogP contribution in [0.2, 0.25) is 0 Å². The monoisotopic (exact) mass is 309 g/mol. The molecule has 1 rings (SSSR count). The highest BCUT2D eigenvalue weighted by Crippen LogP contribution is 2.53. The minimum Gasteiger partial charge on any atom is -0.489 e. The van der Waals surface area contributed by atoms with Gasteiger partial charge in [0.2, 0.25) is 0 Å². The van der Waals surface area contributed by atoms with E-state index in [1.807, 2.05) is 0 Å². The Morgan fingerprint density at radius 1 is 0.773 bits per heavy atom. The van der Waals surface area contributed by atoms with Crippen molar-refractivity contribution in [3.63, 3.8) is 0 Å². The molecule has 0 fully saturated rings. The second-order valence-corrected chi connectivity index (χ2v) is 9.32. The molecule has 0 bridgehead atoms. The van der Waals surface area contributed by atoms with Crippen LogP contribution in [0.3, 0.4) is 0 Å². The zero-order valence-electron chi connectivity index (χ0n) is 17.1. The van der Waals surface area contributed by atoms with Crippen molar-refractivity contribution in [2.24, 2.45) is 17.3 Å². The third-order valence-electron chi connectivity index (χ3n) is 6.10. The van der Waals surface area contributed by atoms with Crippen LogP contribution in [0.15, 0.2) is 11.5 Å². The van der Waals surface area contributed by atoms with E-state index in [1.54, 1.807) is 0 Å². The first kappa shape index (κ1) is 19.4. The molecular formula is C20H39NO. The molecule has 1 aliphatic heterocycles. The Morgan fingerprint density at radius 3 is 1.55 bits per heavy atom. The Kier molecular flexibility index (Phi) is 5.08. The van der Waals surface area contributed by atoms with Crippen molar-refractivity contribution in [3.05, 3.63) is 11.5 Å². The summed E-state index contributed by atoms with van der Waals surface area (Å²) >= 11 is 0. The van der Waals surface area contributed by atoms with Gasteiger partial charge in [-0.15, -0.1) is 0 Å². The van der Waals surface area contributed by atoms with Gasteiger partial charge in [0.1, 0.15) is 11.4 Å². The zero-order valence-corrected chi connectivity index (χ0v) is 17.1. The van der Waals surface area contributed by atoms with E-state index >= 15 is 0 Å². The predicted octanol–water partition coefficient (Wildman–Crippen LogP) is 5.83. The molecule has 130 valence electrons. The molecule has 0 N–H and O–H groups in total. The maximum Gasteiger partial charge on any atom is 0.119 e. The van der Waals surface area contributed by atoms with Gasteiger partial charge in [-0.05, 0) is 47.5 Å². The minimum absolute atomic E-state index is 0.000903. The first-order valence-electron chi connectivity index (χ1n) is 8.91. The van der Waals surface area contributed by atoms with Gasteiger partial charge in [0, 0.05) is 22.9 Å². The van der Waals surface area contributed by atoms with Gasteiger partial charge >= 0.3 is 0 Å². The number of rotatable bonds is 3. The highest BCUT2D eigenvalue weighted by atomic mass is 16.5. The summed E-state index contributed by atoms with van der Waals surface area (Å²) in [6.07, 6.45) is 0. The van der Waals surface area contributed by atoms with Gasteiger partial charge in [-0.2, -0.15) is 0 Å². The van der Waals surface area contributed by atoms with Gasteiger partial charge in [0.15, 0.2) is 0 Å². The maximum atomic E-state index is 6.70. The fourth-order valence-corrected chi connectivity index (χ4v) is 3.81. The van der Waals surface area contributed by atoms with Gasteiger partial charge in [-0.1, -0.05) is 41.5 Å². The van der Waals surface area contributed by atoms with Crippen molar-refractivity contribution in [1.82, 2.24) is 4.90 Å². The molecule has 2 heteroatoms. The molecule has 1 heterocycles. The van der Waals surface area contributed by atoms with Crippen LogP contribution in [0.5, 0.6) is 0 Å². The molecule has 22 heavy (non-hydrogen) atoms. The quantitative estimate of drug-likeness (QED) is 0.650. The number of ether oxygens (including phenoxy) is 1. The standard InChI is InChI=1S/C20H39NO/c1-13(2)16-17(14(3)4)22-20(11,12)18(7,8)19(9,10)21(16)15(5)6/h13-15H,1-12H3. The third-order valence-corrected chi connectivity index (χ3v) is 6.10. The van der Waals surface area contributed by atoms with Crippen LogP contribution in [-0.4, -0.2) is 22.1 Å². The van der Waals surface area contributed by atoms with Crippen LogP contribution in [0.25, 0.3) is 0 Å². The molecule has 0 unspecified atom stereocenters. The van der Waals surface area contributed by atoms with Crippen LogP contribution in [-0.2, 0) is 4.74 Å². The fourth-order valence-electron chi connectivity index (χ4n) is 3.81. The summed E-state index contributed by atoms with van der Waals surface area (Å²) in [5.74, 6) is 2.01. The van der Waals surface area contributed by atoms with Crippen LogP contribution in [0.1, 0.15) is 83.1 Å². The normalized spacial score (nSPS) is 24.0. The van der Waals surface area contributed by atoms with Crippen molar-refractivity contribution in [2.45, 2.75) is 100 Å². The van der Waals surface area contributed by atoms with E-state index in [0.29, 0.717) is 17.9 Å². The van der Waals surface area contributed by atoms with E-state index in [2.05, 4.69) is 88.0 Å². The molecule has 0 aliphatic carbocycles. The van der Waals surface area contributed by atoms with Crippen molar-refractivity contribution in [1.29, 1.82) is 0 Å². The summed E-state index contributed by atoms with van der Waals surface area (Å²) < 4.78 is 6.70. The molecule has 0 amide bonds. The summed E-state index contributed by atoms with van der Waals surface area (Å²) in [6.45, 7) is 27.6. The van der Waals surface area contributed by atoms with Gasteiger partial charge < -0.3 is 9.64 Å². The molecular weight excluding hydrogens is 270 g/mol. The molecule has 1 aliphatic rings. The number of hydrogen-bond donors (Lipinski definition) is 0. The minimum atomic E-state index is -0.222. The summed E-state index contributed by atoms with van der Waals surface area (Å²) in [5.41, 5.74) is 1.16. The smallest absolute Gasteiger partial charge is 0.119 e. The maximum absolute atomic E-state index is 6.70. The van der Waals surface area contributed by atoms with E-state index in [4.69, 9.17) is 4.74 Å². The Bertz CT molecular complexity index is 439. The summed E-state index contributed by atoms with van der Waals surface area (Å²) in [4.78, 5) is 2.63. The van der Waals surface area contributed by atoms with E-state index in [1.165, 1.54) is 11.5 Å². The Morgan fingerprint density at radius 2 is 1.23 bits per heavy atom. The van der Waals surface area contributed by atoms with Crippen molar-refractivity contribution >= 4 is 0 Å². The molecule has 0 aromatic rings. The van der Waals surface area contributed by atoms with Crippen LogP contribution >= 0.6 is 0 Å². The Labute approximate surface area is 139 Å². The highest BCUT2D eigenvalue weighted by Gasteiger charge is 2.56. The van der Waals surface area contributed by atoms with Crippen molar-refractivity contribution in [2.75, 3.05) is 0 Å². The SMILES string of the molecule is CC(C)C1=C(C(C)C)N(C(C)C)C(C)(C)C(C)(C)C(C)(C)O1. The largest absolute Gasteiger partial charge is 0.489 e. The Balaban J connectivity index is 3.77. The summed E-state index contributed by atoms with van der Waals surface area (Å²) in [5, 5.41) is 0. The van der Waals surface area contributed by atoms with E-state index in [-0.39, 0.29) is 16.6 Å². The van der Waals surface area contributed by atoms with Gasteiger partial charge in [-0.3, -0.25) is 0 Å². The first-order chi connectivity index (χ1) is 9.68. The van der Waals surface area contributed by atoms with Gasteiger partial charge in [0.25, 0.3) is 0 Å². The van der Waals surface area contributed by atoms with Crippen LogP contribution in [0, 0.1) is 17.3 Å². The van der Waals surface area contributed by atoms with E-state index in [0.717, 1.165) is 0 Å². The van der Waals surface area contributed by atoms with Crippen molar-refractivity contribution in [3.8, 4) is 0 Å². The van der Waals surface area contributed by atoms with Gasteiger partial charge in [0.05, 0.1) is 5.70 Å². The highest BCUT2D eigenvalue weighted by molar-refractivity contribution is 5.23. The molecule has 0 atom stereocenters. The molecule has 0 saturated heterocycles. The topological polar surface area (TPSA) is 12.5 Å². The van der Waals surface area contributed by atoms with Crippen molar-refractivity contribution < 1.29 is 4.74 Å². The molecule has 0 spiro atoms. The second-order valence-electron chi connectivity index (χ2n) is 9.32. The lowest BCUT2D eigenvalue weighted by molar-refractivity contribution is -0.117. The van der Waals surface area contributed by atoms with E-state index in [9.17, 15) is 0 Å². The summed E-state index contributed by atoms with van der Waals surface area (Å²) in [6, 6.07) is 0.443. The average Bonchev–Trinajstić information content (AvgIpc) is 2.34. The van der Waals surface area contributed by atoms with Crippen LogP contribution < -0.4 is 0 Å². The first-order valence-corrected chi connectivity index (χ1v) is 8.91. The molecule has 0 radical (unpaired) electrons. The molecule has 2 nitrogen and oxygen atoms in total. The second kappa shape index (κ2) is 5.76. The fraction of sp³-hybridized carbons (Fsp3) is 0.900. The van der Waals surface area contributed by atoms with Crippen LogP contribution in [0.4, 0.5) is 0 Å². The molecule has 0 saturated carbocycles. The average molecular weight is 310 g/mol. The van der Waals surface area contributed by atoms with E-state index < -0.39 is 0 Å².